The Morgan fingerprint density at radius 2 is 2.05 bits per heavy atom. The molecule has 3 rings (SSSR count). The molecule has 116 valence electrons. The zero-order valence-corrected chi connectivity index (χ0v) is 13.4. The first kappa shape index (κ1) is 15.1. The molecule has 1 aliphatic rings. The third-order valence-electron chi connectivity index (χ3n) is 3.66. The highest BCUT2D eigenvalue weighted by molar-refractivity contribution is 7.90. The Kier molecular flexibility index (Phi) is 4.21. The van der Waals surface area contributed by atoms with Gasteiger partial charge in [0.05, 0.1) is 4.90 Å². The molecule has 1 N–H and O–H groups in total. The summed E-state index contributed by atoms with van der Waals surface area (Å²) in [7, 11) is -3.85. The SMILES string of the molecule is O=C(NS(=O)(=O)c1ccsc1)c1ccnc(C2CCCC2)n1. The Balaban J connectivity index is 1.79. The topological polar surface area (TPSA) is 89.0 Å². The molecule has 2 aromatic heterocycles. The molecule has 1 aliphatic carbocycles. The van der Waals surface area contributed by atoms with Crippen molar-refractivity contribution in [3.8, 4) is 0 Å². The van der Waals surface area contributed by atoms with Crippen LogP contribution in [0.2, 0.25) is 0 Å². The van der Waals surface area contributed by atoms with E-state index in [1.54, 1.807) is 5.38 Å². The summed E-state index contributed by atoms with van der Waals surface area (Å²) in [4.78, 5) is 20.7. The number of carbonyl (C=O) groups excluding carboxylic acids is 1. The predicted octanol–water partition coefficient (Wildman–Crippen LogP) is 2.31. The molecule has 22 heavy (non-hydrogen) atoms. The van der Waals surface area contributed by atoms with Crippen LogP contribution >= 0.6 is 11.3 Å². The summed E-state index contributed by atoms with van der Waals surface area (Å²) in [5.41, 5.74) is 0.0794. The van der Waals surface area contributed by atoms with E-state index >= 15 is 0 Å². The maximum absolute atomic E-state index is 12.1. The van der Waals surface area contributed by atoms with Crippen LogP contribution in [0.15, 0.2) is 34.0 Å². The minimum atomic E-state index is -3.85. The Morgan fingerprint density at radius 1 is 1.27 bits per heavy atom. The van der Waals surface area contributed by atoms with Crippen LogP contribution in [0.1, 0.15) is 47.9 Å². The summed E-state index contributed by atoms with van der Waals surface area (Å²) in [6.45, 7) is 0. The molecule has 0 spiro atoms. The molecular weight excluding hydrogens is 322 g/mol. The van der Waals surface area contributed by atoms with E-state index in [0.29, 0.717) is 5.82 Å². The summed E-state index contributed by atoms with van der Waals surface area (Å²) < 4.78 is 26.1. The van der Waals surface area contributed by atoms with Gasteiger partial charge in [-0.1, -0.05) is 12.8 Å². The molecule has 1 amide bonds. The largest absolute Gasteiger partial charge is 0.283 e. The number of carbonyl (C=O) groups is 1. The minimum Gasteiger partial charge on any atom is -0.266 e. The van der Waals surface area contributed by atoms with Gasteiger partial charge in [0.25, 0.3) is 15.9 Å². The van der Waals surface area contributed by atoms with E-state index in [4.69, 9.17) is 0 Å². The van der Waals surface area contributed by atoms with Crippen LogP contribution in [0.3, 0.4) is 0 Å². The van der Waals surface area contributed by atoms with E-state index in [0.717, 1.165) is 25.7 Å². The van der Waals surface area contributed by atoms with Crippen LogP contribution < -0.4 is 4.72 Å². The maximum Gasteiger partial charge on any atom is 0.283 e. The fraction of sp³-hybridized carbons (Fsp3) is 0.357. The molecule has 0 saturated heterocycles. The highest BCUT2D eigenvalue weighted by Crippen LogP contribution is 2.31. The third kappa shape index (κ3) is 3.17. The molecule has 0 unspecified atom stereocenters. The molecule has 0 aromatic carbocycles. The smallest absolute Gasteiger partial charge is 0.266 e. The average molecular weight is 337 g/mol. The highest BCUT2D eigenvalue weighted by atomic mass is 32.2. The fourth-order valence-electron chi connectivity index (χ4n) is 2.52. The number of aromatic nitrogens is 2. The van der Waals surface area contributed by atoms with Crippen molar-refractivity contribution >= 4 is 27.3 Å². The van der Waals surface area contributed by atoms with Gasteiger partial charge in [0.15, 0.2) is 0 Å². The number of amides is 1. The first-order valence-corrected chi connectivity index (χ1v) is 9.41. The van der Waals surface area contributed by atoms with Crippen LogP contribution in [-0.4, -0.2) is 24.3 Å². The Morgan fingerprint density at radius 3 is 2.73 bits per heavy atom. The van der Waals surface area contributed by atoms with Gasteiger partial charge in [-0.15, -0.1) is 0 Å². The molecule has 0 bridgehead atoms. The van der Waals surface area contributed by atoms with Gasteiger partial charge >= 0.3 is 0 Å². The molecule has 2 heterocycles. The summed E-state index contributed by atoms with van der Waals surface area (Å²) in [6.07, 6.45) is 5.80. The van der Waals surface area contributed by atoms with Crippen molar-refractivity contribution in [2.75, 3.05) is 0 Å². The van der Waals surface area contributed by atoms with Crippen molar-refractivity contribution in [3.05, 3.63) is 40.6 Å². The van der Waals surface area contributed by atoms with Gasteiger partial charge in [-0.25, -0.2) is 23.1 Å². The number of hydrogen-bond donors (Lipinski definition) is 1. The Labute approximate surface area is 132 Å². The van der Waals surface area contributed by atoms with Gasteiger partial charge in [0.2, 0.25) is 0 Å². The number of nitrogens with one attached hydrogen (secondary N) is 1. The normalized spacial score (nSPS) is 15.8. The van der Waals surface area contributed by atoms with Crippen LogP contribution in [-0.2, 0) is 10.0 Å². The van der Waals surface area contributed by atoms with Gasteiger partial charge in [-0.3, -0.25) is 4.79 Å². The quantitative estimate of drug-likeness (QED) is 0.925. The second kappa shape index (κ2) is 6.13. The van der Waals surface area contributed by atoms with Gasteiger partial charge in [-0.05, 0) is 30.4 Å². The monoisotopic (exact) mass is 337 g/mol. The second-order valence-corrected chi connectivity index (χ2v) is 7.64. The van der Waals surface area contributed by atoms with Gasteiger partial charge in [-0.2, -0.15) is 11.3 Å². The molecule has 8 heteroatoms. The molecule has 0 aliphatic heterocycles. The predicted molar refractivity (Wildman–Crippen MR) is 82.2 cm³/mol. The molecular formula is C14H15N3O3S2. The molecule has 2 aromatic rings. The molecule has 6 nitrogen and oxygen atoms in total. The summed E-state index contributed by atoms with van der Waals surface area (Å²) in [5.74, 6) is 0.159. The lowest BCUT2D eigenvalue weighted by Gasteiger charge is -2.09. The lowest BCUT2D eigenvalue weighted by Crippen LogP contribution is -2.31. The Bertz CT molecular complexity index is 766. The van der Waals surface area contributed by atoms with E-state index in [9.17, 15) is 13.2 Å². The van der Waals surface area contributed by atoms with E-state index < -0.39 is 15.9 Å². The zero-order valence-electron chi connectivity index (χ0n) is 11.7. The fourth-order valence-corrected chi connectivity index (χ4v) is 4.51. The van der Waals surface area contributed by atoms with Crippen LogP contribution in [0.5, 0.6) is 0 Å². The first-order valence-electron chi connectivity index (χ1n) is 6.98. The number of nitrogens with zero attached hydrogens (tertiary/aromatic N) is 2. The van der Waals surface area contributed by atoms with E-state index in [-0.39, 0.29) is 16.5 Å². The lowest BCUT2D eigenvalue weighted by molar-refractivity contribution is 0.0976. The standard InChI is InChI=1S/C14H15N3O3S2/c18-14(17-22(19,20)11-6-8-21-9-11)12-5-7-15-13(16-12)10-3-1-2-4-10/h5-10H,1-4H2,(H,17,18). The van der Waals surface area contributed by atoms with E-state index in [2.05, 4.69) is 9.97 Å². The van der Waals surface area contributed by atoms with E-state index in [1.165, 1.54) is 35.0 Å². The average Bonchev–Trinajstić information content (AvgIpc) is 3.20. The molecule has 0 atom stereocenters. The summed E-state index contributed by atoms with van der Waals surface area (Å²) >= 11 is 1.25. The van der Waals surface area contributed by atoms with Crippen molar-refractivity contribution < 1.29 is 13.2 Å². The van der Waals surface area contributed by atoms with Gasteiger partial charge in [0, 0.05) is 17.5 Å². The van der Waals surface area contributed by atoms with Crippen LogP contribution in [0.4, 0.5) is 0 Å². The van der Waals surface area contributed by atoms with E-state index in [1.807, 2.05) is 4.72 Å². The van der Waals surface area contributed by atoms with Gasteiger partial charge in [0.1, 0.15) is 11.5 Å². The number of sulfonamides is 1. The summed E-state index contributed by atoms with van der Waals surface area (Å²) in [5, 5.41) is 3.11. The summed E-state index contributed by atoms with van der Waals surface area (Å²) in [6, 6.07) is 2.88. The van der Waals surface area contributed by atoms with Crippen molar-refractivity contribution in [1.82, 2.24) is 14.7 Å². The van der Waals surface area contributed by atoms with Gasteiger partial charge < -0.3 is 0 Å². The van der Waals surface area contributed by atoms with Crippen LogP contribution in [0.25, 0.3) is 0 Å². The second-order valence-electron chi connectivity index (χ2n) is 5.18. The molecule has 1 fully saturated rings. The number of hydrogen-bond acceptors (Lipinski definition) is 6. The molecule has 0 radical (unpaired) electrons. The minimum absolute atomic E-state index is 0.0794. The van der Waals surface area contributed by atoms with Crippen molar-refractivity contribution in [2.24, 2.45) is 0 Å². The van der Waals surface area contributed by atoms with Crippen molar-refractivity contribution in [1.29, 1.82) is 0 Å². The highest BCUT2D eigenvalue weighted by Gasteiger charge is 2.23. The van der Waals surface area contributed by atoms with Crippen molar-refractivity contribution in [3.63, 3.8) is 0 Å². The van der Waals surface area contributed by atoms with Crippen LogP contribution in [0, 0.1) is 0 Å². The third-order valence-corrected chi connectivity index (χ3v) is 5.82. The first-order chi connectivity index (χ1) is 10.6. The maximum atomic E-state index is 12.1. The number of rotatable bonds is 4. The molecule has 1 saturated carbocycles. The van der Waals surface area contributed by atoms with Crippen molar-refractivity contribution in [2.45, 2.75) is 36.5 Å². The Hall–Kier alpha value is -1.80. The zero-order chi connectivity index (χ0) is 15.6. The number of thiophene rings is 1. The lowest BCUT2D eigenvalue weighted by atomic mass is 10.1.